The molecule has 0 aromatic heterocycles. The lowest BCUT2D eigenvalue weighted by Crippen LogP contribution is -2.29. The van der Waals surface area contributed by atoms with Gasteiger partial charge in [0.1, 0.15) is 5.75 Å². The Morgan fingerprint density at radius 1 is 1.05 bits per heavy atom. The summed E-state index contributed by atoms with van der Waals surface area (Å²) in [5.41, 5.74) is 1.26. The summed E-state index contributed by atoms with van der Waals surface area (Å²) < 4.78 is 10.6. The average molecular weight is 266 g/mol. The number of rotatable bonds is 11. The lowest BCUT2D eigenvalue weighted by molar-refractivity contribution is 0.199. The fourth-order valence-corrected chi connectivity index (χ4v) is 1.67. The number of benzene rings is 1. The molecule has 0 radical (unpaired) electrons. The molecule has 0 saturated heterocycles. The van der Waals surface area contributed by atoms with Gasteiger partial charge in [0.05, 0.1) is 13.2 Å². The van der Waals surface area contributed by atoms with Crippen molar-refractivity contribution in [3.8, 4) is 5.75 Å². The van der Waals surface area contributed by atoms with Crippen LogP contribution in [0.25, 0.3) is 0 Å². The fourth-order valence-electron chi connectivity index (χ4n) is 1.67. The number of methoxy groups -OCH3 is 1. The van der Waals surface area contributed by atoms with Crippen molar-refractivity contribution in [1.82, 2.24) is 10.6 Å². The van der Waals surface area contributed by atoms with Gasteiger partial charge in [0.2, 0.25) is 0 Å². The third kappa shape index (κ3) is 7.82. The predicted molar refractivity (Wildman–Crippen MR) is 78.7 cm³/mol. The largest absolute Gasteiger partial charge is 0.494 e. The summed E-state index contributed by atoms with van der Waals surface area (Å²) >= 11 is 0. The molecule has 2 N–H and O–H groups in total. The van der Waals surface area contributed by atoms with E-state index in [1.54, 1.807) is 7.11 Å². The standard InChI is InChI=1S/C15H26N2O2/c1-3-10-19-15-6-4-5-14(12-15)13-17-8-7-16-9-11-18-2/h4-6,12,16-17H,3,7-11,13H2,1-2H3. The van der Waals surface area contributed by atoms with Crippen molar-refractivity contribution in [3.63, 3.8) is 0 Å². The van der Waals surface area contributed by atoms with Gasteiger partial charge in [-0.2, -0.15) is 0 Å². The summed E-state index contributed by atoms with van der Waals surface area (Å²) in [6.07, 6.45) is 1.04. The van der Waals surface area contributed by atoms with Gasteiger partial charge in [0.25, 0.3) is 0 Å². The van der Waals surface area contributed by atoms with Crippen LogP contribution in [0.2, 0.25) is 0 Å². The van der Waals surface area contributed by atoms with Crippen LogP contribution in [0.5, 0.6) is 5.75 Å². The van der Waals surface area contributed by atoms with E-state index in [0.717, 1.165) is 51.6 Å². The molecule has 0 aliphatic heterocycles. The highest BCUT2D eigenvalue weighted by molar-refractivity contribution is 5.28. The lowest BCUT2D eigenvalue weighted by Gasteiger charge is -2.09. The van der Waals surface area contributed by atoms with Gasteiger partial charge in [0.15, 0.2) is 0 Å². The number of ether oxygens (including phenoxy) is 2. The molecule has 1 aromatic rings. The minimum atomic E-state index is 0.761. The van der Waals surface area contributed by atoms with Gasteiger partial charge >= 0.3 is 0 Å². The maximum Gasteiger partial charge on any atom is 0.119 e. The Kier molecular flexibility index (Phi) is 9.06. The molecule has 0 bridgehead atoms. The molecule has 0 fully saturated rings. The van der Waals surface area contributed by atoms with Gasteiger partial charge < -0.3 is 20.1 Å². The van der Waals surface area contributed by atoms with E-state index < -0.39 is 0 Å². The molecule has 1 aromatic carbocycles. The Bertz CT molecular complexity index is 332. The van der Waals surface area contributed by atoms with Crippen LogP contribution in [-0.4, -0.2) is 40.0 Å². The molecule has 0 heterocycles. The van der Waals surface area contributed by atoms with Crippen molar-refractivity contribution in [1.29, 1.82) is 0 Å². The van der Waals surface area contributed by atoms with Crippen LogP contribution < -0.4 is 15.4 Å². The van der Waals surface area contributed by atoms with Crippen LogP contribution >= 0.6 is 0 Å². The van der Waals surface area contributed by atoms with Crippen molar-refractivity contribution in [2.75, 3.05) is 40.0 Å². The van der Waals surface area contributed by atoms with Crippen LogP contribution in [0, 0.1) is 0 Å². The summed E-state index contributed by atoms with van der Waals surface area (Å²) in [5.74, 6) is 0.958. The highest BCUT2D eigenvalue weighted by Gasteiger charge is 1.96. The van der Waals surface area contributed by atoms with E-state index in [4.69, 9.17) is 9.47 Å². The normalized spacial score (nSPS) is 10.6. The summed E-state index contributed by atoms with van der Waals surface area (Å²) in [6, 6.07) is 8.26. The number of nitrogens with one attached hydrogen (secondary N) is 2. The van der Waals surface area contributed by atoms with Gasteiger partial charge in [-0.25, -0.2) is 0 Å². The van der Waals surface area contributed by atoms with E-state index in [1.165, 1.54) is 5.56 Å². The zero-order chi connectivity index (χ0) is 13.8. The second kappa shape index (κ2) is 10.8. The van der Waals surface area contributed by atoms with E-state index >= 15 is 0 Å². The molecule has 0 unspecified atom stereocenters. The Morgan fingerprint density at radius 2 is 1.89 bits per heavy atom. The third-order valence-corrected chi connectivity index (χ3v) is 2.66. The predicted octanol–water partition coefficient (Wildman–Crippen LogP) is 1.80. The third-order valence-electron chi connectivity index (χ3n) is 2.66. The minimum absolute atomic E-state index is 0.761. The van der Waals surface area contributed by atoms with E-state index in [-0.39, 0.29) is 0 Å². The first-order chi connectivity index (χ1) is 9.36. The molecule has 4 heteroatoms. The van der Waals surface area contributed by atoms with E-state index in [1.807, 2.05) is 12.1 Å². The molecule has 0 atom stereocenters. The molecule has 19 heavy (non-hydrogen) atoms. The molecule has 0 amide bonds. The summed E-state index contributed by atoms with van der Waals surface area (Å²) in [5, 5.41) is 6.70. The molecular weight excluding hydrogens is 240 g/mol. The highest BCUT2D eigenvalue weighted by Crippen LogP contribution is 2.13. The van der Waals surface area contributed by atoms with Gasteiger partial charge in [-0.1, -0.05) is 19.1 Å². The SMILES string of the molecule is CCCOc1cccc(CNCCNCCOC)c1. The van der Waals surface area contributed by atoms with Crippen LogP contribution in [-0.2, 0) is 11.3 Å². The molecule has 0 saturated carbocycles. The molecule has 0 aliphatic rings. The zero-order valence-electron chi connectivity index (χ0n) is 12.1. The molecule has 0 spiro atoms. The minimum Gasteiger partial charge on any atom is -0.494 e. The maximum atomic E-state index is 5.61. The topological polar surface area (TPSA) is 42.5 Å². The number of hydrogen-bond acceptors (Lipinski definition) is 4. The lowest BCUT2D eigenvalue weighted by atomic mass is 10.2. The second-order valence-electron chi connectivity index (χ2n) is 4.42. The van der Waals surface area contributed by atoms with Crippen molar-refractivity contribution < 1.29 is 9.47 Å². The smallest absolute Gasteiger partial charge is 0.119 e. The van der Waals surface area contributed by atoms with Gasteiger partial charge in [-0.15, -0.1) is 0 Å². The first-order valence-electron chi connectivity index (χ1n) is 6.99. The zero-order valence-corrected chi connectivity index (χ0v) is 12.1. The fraction of sp³-hybridized carbons (Fsp3) is 0.600. The van der Waals surface area contributed by atoms with Gasteiger partial charge in [0, 0.05) is 33.3 Å². The van der Waals surface area contributed by atoms with E-state index in [9.17, 15) is 0 Å². The molecule has 4 nitrogen and oxygen atoms in total. The molecule has 0 aliphatic carbocycles. The molecular formula is C15H26N2O2. The summed E-state index contributed by atoms with van der Waals surface area (Å²) in [6.45, 7) is 7.33. The molecule has 108 valence electrons. The Balaban J connectivity index is 2.14. The highest BCUT2D eigenvalue weighted by atomic mass is 16.5. The Labute approximate surface area is 116 Å². The van der Waals surface area contributed by atoms with Gasteiger partial charge in [-0.3, -0.25) is 0 Å². The van der Waals surface area contributed by atoms with Crippen LogP contribution in [0.3, 0.4) is 0 Å². The van der Waals surface area contributed by atoms with Crippen LogP contribution in [0.1, 0.15) is 18.9 Å². The second-order valence-corrected chi connectivity index (χ2v) is 4.42. The van der Waals surface area contributed by atoms with E-state index in [0.29, 0.717) is 0 Å². The van der Waals surface area contributed by atoms with E-state index in [2.05, 4.69) is 29.7 Å². The van der Waals surface area contributed by atoms with Crippen molar-refractivity contribution in [2.45, 2.75) is 19.9 Å². The Morgan fingerprint density at radius 3 is 2.68 bits per heavy atom. The first-order valence-corrected chi connectivity index (χ1v) is 6.99. The van der Waals surface area contributed by atoms with Crippen molar-refractivity contribution >= 4 is 0 Å². The number of hydrogen-bond donors (Lipinski definition) is 2. The van der Waals surface area contributed by atoms with Crippen molar-refractivity contribution in [3.05, 3.63) is 29.8 Å². The monoisotopic (exact) mass is 266 g/mol. The summed E-state index contributed by atoms with van der Waals surface area (Å²) in [7, 11) is 1.72. The van der Waals surface area contributed by atoms with Gasteiger partial charge in [-0.05, 0) is 24.1 Å². The molecule has 1 rings (SSSR count). The average Bonchev–Trinajstić information content (AvgIpc) is 2.44. The Hall–Kier alpha value is -1.10. The van der Waals surface area contributed by atoms with Crippen molar-refractivity contribution in [2.24, 2.45) is 0 Å². The van der Waals surface area contributed by atoms with Crippen LogP contribution in [0.4, 0.5) is 0 Å². The summed E-state index contributed by atoms with van der Waals surface area (Å²) in [4.78, 5) is 0. The first kappa shape index (κ1) is 16.0. The maximum absolute atomic E-state index is 5.61. The van der Waals surface area contributed by atoms with Crippen LogP contribution in [0.15, 0.2) is 24.3 Å². The quantitative estimate of drug-likeness (QED) is 0.599.